The van der Waals surface area contributed by atoms with E-state index in [4.69, 9.17) is 4.74 Å². The maximum Gasteiger partial charge on any atom is 0.293 e. The molecule has 3 aromatic carbocycles. The molecule has 1 fully saturated rings. The van der Waals surface area contributed by atoms with E-state index in [1.54, 1.807) is 6.08 Å². The number of amides is 2. The molecule has 0 N–H and O–H groups in total. The Morgan fingerprint density at radius 2 is 1.72 bits per heavy atom. The van der Waals surface area contributed by atoms with Crippen molar-refractivity contribution in [2.45, 2.75) is 13.8 Å². The van der Waals surface area contributed by atoms with Crippen LogP contribution in [0.25, 0.3) is 22.5 Å². The third kappa shape index (κ3) is 4.58. The van der Waals surface area contributed by atoms with E-state index >= 15 is 0 Å². The van der Waals surface area contributed by atoms with Crippen molar-refractivity contribution in [3.8, 4) is 11.4 Å². The van der Waals surface area contributed by atoms with Crippen LogP contribution in [0.5, 0.6) is 5.75 Å². The molecule has 1 aliphatic heterocycles. The molecule has 1 aromatic heterocycles. The van der Waals surface area contributed by atoms with Gasteiger partial charge in [-0.1, -0.05) is 40.2 Å². The first-order chi connectivity index (χ1) is 17.3. The summed E-state index contributed by atoms with van der Waals surface area (Å²) in [5.41, 5.74) is 3.94. The fraction of sp³-hybridized carbons (Fsp3) is 0.143. The van der Waals surface area contributed by atoms with Crippen LogP contribution < -0.4 is 4.74 Å². The summed E-state index contributed by atoms with van der Waals surface area (Å²) in [6, 6.07) is 19.9. The summed E-state index contributed by atoms with van der Waals surface area (Å²) in [5, 5.41) is 1.90. The topological polar surface area (TPSA) is 51.5 Å². The number of nitrogens with zero attached hydrogens (tertiary/aromatic N) is 2. The van der Waals surface area contributed by atoms with Gasteiger partial charge in [0.1, 0.15) is 18.2 Å². The van der Waals surface area contributed by atoms with Gasteiger partial charge < -0.3 is 9.30 Å². The summed E-state index contributed by atoms with van der Waals surface area (Å²) < 4.78 is 21.8. The van der Waals surface area contributed by atoms with Crippen LogP contribution >= 0.6 is 27.7 Å². The number of aromatic nitrogens is 1. The molecular formula is C28H22BrFN2O3S. The molecule has 36 heavy (non-hydrogen) atoms. The molecule has 5 nitrogen and oxygen atoms in total. The largest absolute Gasteiger partial charge is 0.492 e. The van der Waals surface area contributed by atoms with E-state index in [0.717, 1.165) is 49.6 Å². The van der Waals surface area contributed by atoms with Gasteiger partial charge in [-0.15, -0.1) is 0 Å². The van der Waals surface area contributed by atoms with Crippen LogP contribution in [0.3, 0.4) is 0 Å². The zero-order valence-corrected chi connectivity index (χ0v) is 22.0. The van der Waals surface area contributed by atoms with Crippen molar-refractivity contribution in [2.75, 3.05) is 13.2 Å². The minimum absolute atomic E-state index is 0.114. The Labute approximate surface area is 220 Å². The van der Waals surface area contributed by atoms with Crippen LogP contribution in [0, 0.1) is 19.7 Å². The molecule has 0 unspecified atom stereocenters. The number of benzene rings is 3. The van der Waals surface area contributed by atoms with Crippen LogP contribution in [0.4, 0.5) is 9.18 Å². The number of imide groups is 1. The molecule has 2 amide bonds. The number of rotatable bonds is 6. The molecule has 1 aliphatic rings. The van der Waals surface area contributed by atoms with E-state index in [9.17, 15) is 14.0 Å². The Bertz CT molecular complexity index is 1530. The first kappa shape index (κ1) is 24.3. The van der Waals surface area contributed by atoms with Gasteiger partial charge in [0.25, 0.3) is 11.1 Å². The molecule has 1 saturated heterocycles. The fourth-order valence-corrected chi connectivity index (χ4v) is 5.70. The molecule has 0 aliphatic carbocycles. The molecule has 0 saturated carbocycles. The lowest BCUT2D eigenvalue weighted by Gasteiger charge is -2.14. The van der Waals surface area contributed by atoms with Gasteiger partial charge in [-0.3, -0.25) is 14.5 Å². The number of halogens is 2. The average Bonchev–Trinajstić information content (AvgIpc) is 3.29. The highest BCUT2D eigenvalue weighted by Crippen LogP contribution is 2.35. The van der Waals surface area contributed by atoms with E-state index in [1.165, 1.54) is 29.2 Å². The van der Waals surface area contributed by atoms with Crippen LogP contribution in [0.15, 0.2) is 76.1 Å². The summed E-state index contributed by atoms with van der Waals surface area (Å²) in [6.07, 6.45) is 1.78. The Morgan fingerprint density at radius 3 is 2.47 bits per heavy atom. The quantitative estimate of drug-likeness (QED) is 0.231. The number of ether oxygens (including phenoxy) is 1. The highest BCUT2D eigenvalue weighted by molar-refractivity contribution is 9.10. The Hall–Kier alpha value is -3.36. The highest BCUT2D eigenvalue weighted by atomic mass is 79.9. The van der Waals surface area contributed by atoms with Gasteiger partial charge in [0, 0.05) is 21.2 Å². The molecule has 0 spiro atoms. The maximum atomic E-state index is 13.0. The standard InChI is InChI=1S/C28H22BrFN2O3S/c1-17-15-19(18(2)32(17)25-12-11-24(29)22-5-3-4-6-23(22)25)16-26-27(33)31(28(34)36-26)13-14-35-21-9-7-20(30)8-10-21/h3-12,15-16H,13-14H2,1-2H3/b26-16-. The minimum Gasteiger partial charge on any atom is -0.492 e. The molecule has 0 radical (unpaired) electrons. The van der Waals surface area contributed by atoms with Crippen molar-refractivity contribution in [1.29, 1.82) is 0 Å². The van der Waals surface area contributed by atoms with Crippen molar-refractivity contribution >= 4 is 55.7 Å². The summed E-state index contributed by atoms with van der Waals surface area (Å²) in [6.45, 7) is 4.28. The molecule has 4 aromatic rings. The van der Waals surface area contributed by atoms with Crippen LogP contribution in [-0.2, 0) is 4.79 Å². The minimum atomic E-state index is -0.355. The lowest BCUT2D eigenvalue weighted by atomic mass is 10.1. The summed E-state index contributed by atoms with van der Waals surface area (Å²) >= 11 is 4.56. The zero-order chi connectivity index (χ0) is 25.4. The number of carbonyl (C=O) groups is 2. The Balaban J connectivity index is 1.38. The summed E-state index contributed by atoms with van der Waals surface area (Å²) in [4.78, 5) is 27.1. The molecule has 5 rings (SSSR count). The van der Waals surface area contributed by atoms with Gasteiger partial charge in [0.15, 0.2) is 0 Å². The lowest BCUT2D eigenvalue weighted by molar-refractivity contribution is -0.123. The second kappa shape index (κ2) is 9.95. The lowest BCUT2D eigenvalue weighted by Crippen LogP contribution is -2.32. The summed E-state index contributed by atoms with van der Waals surface area (Å²) in [7, 11) is 0. The van der Waals surface area contributed by atoms with Crippen LogP contribution in [0.2, 0.25) is 0 Å². The SMILES string of the molecule is Cc1cc(/C=C2\SC(=O)N(CCOc3ccc(F)cc3)C2=O)c(C)n1-c1ccc(Br)c2ccccc12. The molecule has 8 heteroatoms. The van der Waals surface area contributed by atoms with E-state index < -0.39 is 0 Å². The number of aryl methyl sites for hydroxylation is 1. The molecular weight excluding hydrogens is 543 g/mol. The van der Waals surface area contributed by atoms with Gasteiger partial charge in [-0.2, -0.15) is 0 Å². The van der Waals surface area contributed by atoms with Crippen molar-refractivity contribution in [2.24, 2.45) is 0 Å². The van der Waals surface area contributed by atoms with Crippen LogP contribution in [0.1, 0.15) is 17.0 Å². The number of carbonyl (C=O) groups excluding carboxylic acids is 2. The van der Waals surface area contributed by atoms with Crippen LogP contribution in [-0.4, -0.2) is 33.8 Å². The molecule has 0 atom stereocenters. The van der Waals surface area contributed by atoms with Crippen molar-refractivity contribution < 1.29 is 18.7 Å². The molecule has 182 valence electrons. The number of hydrogen-bond acceptors (Lipinski definition) is 4. The normalized spacial score (nSPS) is 14.9. The average molecular weight is 565 g/mol. The third-order valence-electron chi connectivity index (χ3n) is 6.12. The predicted octanol–water partition coefficient (Wildman–Crippen LogP) is 7.26. The second-order valence-corrected chi connectivity index (χ2v) is 10.3. The van der Waals surface area contributed by atoms with Crippen molar-refractivity contribution in [1.82, 2.24) is 9.47 Å². The van der Waals surface area contributed by atoms with E-state index in [-0.39, 0.29) is 30.1 Å². The smallest absolute Gasteiger partial charge is 0.293 e. The number of thioether (sulfide) groups is 1. The van der Waals surface area contributed by atoms with Gasteiger partial charge in [-0.25, -0.2) is 4.39 Å². The third-order valence-corrected chi connectivity index (χ3v) is 7.72. The first-order valence-electron chi connectivity index (χ1n) is 11.3. The summed E-state index contributed by atoms with van der Waals surface area (Å²) in [5.74, 6) is -0.218. The number of fused-ring (bicyclic) bond motifs is 1. The molecule has 2 heterocycles. The van der Waals surface area contributed by atoms with E-state index in [1.807, 2.05) is 38.1 Å². The van der Waals surface area contributed by atoms with Gasteiger partial charge in [-0.05, 0) is 85.1 Å². The number of hydrogen-bond donors (Lipinski definition) is 0. The van der Waals surface area contributed by atoms with E-state index in [0.29, 0.717) is 10.7 Å². The maximum absolute atomic E-state index is 13.0. The van der Waals surface area contributed by atoms with Gasteiger partial charge >= 0.3 is 0 Å². The van der Waals surface area contributed by atoms with Crippen molar-refractivity contribution in [3.63, 3.8) is 0 Å². The van der Waals surface area contributed by atoms with Crippen molar-refractivity contribution in [3.05, 3.63) is 98.9 Å². The molecule has 0 bridgehead atoms. The Kier molecular flexibility index (Phi) is 6.73. The highest BCUT2D eigenvalue weighted by Gasteiger charge is 2.35. The van der Waals surface area contributed by atoms with Gasteiger partial charge in [0.05, 0.1) is 17.1 Å². The predicted molar refractivity (Wildman–Crippen MR) is 145 cm³/mol. The Morgan fingerprint density at radius 1 is 1.00 bits per heavy atom. The zero-order valence-electron chi connectivity index (χ0n) is 19.6. The van der Waals surface area contributed by atoms with Gasteiger partial charge in [0.2, 0.25) is 0 Å². The monoisotopic (exact) mass is 564 g/mol. The van der Waals surface area contributed by atoms with E-state index in [2.05, 4.69) is 38.7 Å². The second-order valence-electron chi connectivity index (χ2n) is 8.41. The first-order valence-corrected chi connectivity index (χ1v) is 12.9. The fourth-order valence-electron chi connectivity index (χ4n) is 4.37.